The molecular weight excluding hydrogens is 276 g/mol. The summed E-state index contributed by atoms with van der Waals surface area (Å²) < 4.78 is 0. The van der Waals surface area contributed by atoms with Crippen LogP contribution in [0.4, 0.5) is 5.95 Å². The summed E-state index contributed by atoms with van der Waals surface area (Å²) in [5, 5.41) is 17.3. The predicted molar refractivity (Wildman–Crippen MR) is 78.0 cm³/mol. The molecule has 1 aromatic heterocycles. The Labute approximate surface area is 120 Å². The molecule has 0 bridgehead atoms. The molecule has 2 aromatic rings. The van der Waals surface area contributed by atoms with Crippen LogP contribution in [0.25, 0.3) is 11.0 Å². The molecule has 20 heavy (non-hydrogen) atoms. The molecule has 6 nitrogen and oxygen atoms in total. The maximum absolute atomic E-state index is 11.0. The lowest BCUT2D eigenvalue weighted by Crippen LogP contribution is -2.44. The smallest absolute Gasteiger partial charge is 0.305 e. The Hall–Kier alpha value is -1.89. The van der Waals surface area contributed by atoms with E-state index in [0.717, 1.165) is 29.1 Å². The standard InChI is InChI=1S/C13H14N4O2S/c18-12(19)7-9-8-20-6-5-17(9)13-14-10-3-1-2-4-11(10)15-16-13/h1-4,9H,5-8H2,(H,18,19). The summed E-state index contributed by atoms with van der Waals surface area (Å²) >= 11 is 1.77. The zero-order valence-electron chi connectivity index (χ0n) is 10.8. The highest BCUT2D eigenvalue weighted by Gasteiger charge is 2.27. The number of para-hydroxylation sites is 1. The Balaban J connectivity index is 1.92. The van der Waals surface area contributed by atoms with Crippen molar-refractivity contribution in [1.29, 1.82) is 0 Å². The molecule has 0 spiro atoms. The SMILES string of the molecule is O=C(O)CC1CSCCN1c1nnc2ccccc2n1. The quantitative estimate of drug-likeness (QED) is 0.915. The van der Waals surface area contributed by atoms with E-state index < -0.39 is 5.97 Å². The number of hydrogen-bond donors (Lipinski definition) is 1. The van der Waals surface area contributed by atoms with Crippen molar-refractivity contribution in [3.8, 4) is 0 Å². The minimum absolute atomic E-state index is 0.0748. The Morgan fingerprint density at radius 2 is 2.15 bits per heavy atom. The molecule has 1 saturated heterocycles. The van der Waals surface area contributed by atoms with Crippen molar-refractivity contribution >= 4 is 34.7 Å². The van der Waals surface area contributed by atoms with Crippen LogP contribution in [0.15, 0.2) is 24.3 Å². The zero-order valence-corrected chi connectivity index (χ0v) is 11.6. The number of rotatable bonds is 3. The monoisotopic (exact) mass is 290 g/mol. The van der Waals surface area contributed by atoms with Crippen molar-refractivity contribution in [2.75, 3.05) is 23.0 Å². The lowest BCUT2D eigenvalue weighted by Gasteiger charge is -2.34. The highest BCUT2D eigenvalue weighted by atomic mass is 32.2. The normalized spacial score (nSPS) is 19.2. The van der Waals surface area contributed by atoms with Gasteiger partial charge in [0.25, 0.3) is 0 Å². The molecule has 104 valence electrons. The number of hydrogen-bond acceptors (Lipinski definition) is 6. The second-order valence-corrected chi connectivity index (χ2v) is 5.77. The molecule has 7 heteroatoms. The fourth-order valence-corrected chi connectivity index (χ4v) is 3.34. The summed E-state index contributed by atoms with van der Waals surface area (Å²) in [4.78, 5) is 17.4. The third-order valence-corrected chi connectivity index (χ3v) is 4.34. The average molecular weight is 290 g/mol. The number of aliphatic carboxylic acids is 1. The summed E-state index contributed by atoms with van der Waals surface area (Å²) in [6.45, 7) is 0.753. The number of fused-ring (bicyclic) bond motifs is 1. The molecule has 1 N–H and O–H groups in total. The van der Waals surface area contributed by atoms with Gasteiger partial charge in [-0.05, 0) is 12.1 Å². The van der Waals surface area contributed by atoms with E-state index in [1.807, 2.05) is 29.2 Å². The molecule has 1 aromatic carbocycles. The fourth-order valence-electron chi connectivity index (χ4n) is 2.28. The van der Waals surface area contributed by atoms with Crippen LogP contribution in [-0.4, -0.2) is 50.3 Å². The Morgan fingerprint density at radius 1 is 1.35 bits per heavy atom. The van der Waals surface area contributed by atoms with E-state index in [-0.39, 0.29) is 12.5 Å². The molecule has 3 rings (SSSR count). The molecule has 0 radical (unpaired) electrons. The van der Waals surface area contributed by atoms with E-state index in [4.69, 9.17) is 5.11 Å². The maximum atomic E-state index is 11.0. The minimum atomic E-state index is -0.795. The van der Waals surface area contributed by atoms with Crippen LogP contribution in [0.5, 0.6) is 0 Å². The van der Waals surface area contributed by atoms with Gasteiger partial charge in [0.15, 0.2) is 0 Å². The largest absolute Gasteiger partial charge is 0.481 e. The van der Waals surface area contributed by atoms with Crippen LogP contribution >= 0.6 is 11.8 Å². The number of benzene rings is 1. The highest BCUT2D eigenvalue weighted by molar-refractivity contribution is 7.99. The second kappa shape index (κ2) is 5.62. The van der Waals surface area contributed by atoms with E-state index >= 15 is 0 Å². The number of carboxylic acids is 1. The van der Waals surface area contributed by atoms with E-state index in [0.29, 0.717) is 5.95 Å². The van der Waals surface area contributed by atoms with E-state index in [1.165, 1.54) is 0 Å². The summed E-state index contributed by atoms with van der Waals surface area (Å²) in [6.07, 6.45) is 0.100. The van der Waals surface area contributed by atoms with Crippen molar-refractivity contribution in [3.05, 3.63) is 24.3 Å². The van der Waals surface area contributed by atoms with Crippen molar-refractivity contribution in [3.63, 3.8) is 0 Å². The van der Waals surface area contributed by atoms with Gasteiger partial charge in [0, 0.05) is 18.1 Å². The summed E-state index contributed by atoms with van der Waals surface area (Å²) in [5.41, 5.74) is 1.53. The summed E-state index contributed by atoms with van der Waals surface area (Å²) in [7, 11) is 0. The average Bonchev–Trinajstić information content (AvgIpc) is 2.47. The van der Waals surface area contributed by atoms with Gasteiger partial charge in [-0.15, -0.1) is 10.2 Å². The van der Waals surface area contributed by atoms with Crippen molar-refractivity contribution in [2.45, 2.75) is 12.5 Å². The van der Waals surface area contributed by atoms with Crippen molar-refractivity contribution in [1.82, 2.24) is 15.2 Å². The van der Waals surface area contributed by atoms with Crippen molar-refractivity contribution < 1.29 is 9.90 Å². The first-order valence-electron chi connectivity index (χ1n) is 6.39. The summed E-state index contributed by atoms with van der Waals surface area (Å²) in [6, 6.07) is 7.47. The molecule has 1 fully saturated rings. The van der Waals surface area contributed by atoms with Gasteiger partial charge in [-0.2, -0.15) is 11.8 Å². The first-order chi connectivity index (χ1) is 9.74. The van der Waals surface area contributed by atoms with E-state index in [1.54, 1.807) is 11.8 Å². The van der Waals surface area contributed by atoms with Crippen LogP contribution < -0.4 is 4.90 Å². The Kier molecular flexibility index (Phi) is 3.68. The maximum Gasteiger partial charge on any atom is 0.305 e. The summed E-state index contributed by atoms with van der Waals surface area (Å²) in [5.74, 6) is 1.46. The van der Waals surface area contributed by atoms with Gasteiger partial charge in [0.05, 0.1) is 18.0 Å². The van der Waals surface area contributed by atoms with Crippen molar-refractivity contribution in [2.24, 2.45) is 0 Å². The van der Waals surface area contributed by atoms with Crippen LogP contribution in [0.3, 0.4) is 0 Å². The van der Waals surface area contributed by atoms with E-state index in [9.17, 15) is 4.79 Å². The molecule has 1 atom stereocenters. The lowest BCUT2D eigenvalue weighted by molar-refractivity contribution is -0.137. The molecule has 0 aliphatic carbocycles. The van der Waals surface area contributed by atoms with Gasteiger partial charge in [0.1, 0.15) is 5.52 Å². The van der Waals surface area contributed by atoms with Gasteiger partial charge in [0.2, 0.25) is 5.95 Å². The topological polar surface area (TPSA) is 79.2 Å². The number of anilines is 1. The van der Waals surface area contributed by atoms with Crippen LogP contribution in [0, 0.1) is 0 Å². The fraction of sp³-hybridized carbons (Fsp3) is 0.385. The Morgan fingerprint density at radius 3 is 2.95 bits per heavy atom. The number of aromatic nitrogens is 3. The van der Waals surface area contributed by atoms with Crippen LogP contribution in [0.2, 0.25) is 0 Å². The van der Waals surface area contributed by atoms with Crippen LogP contribution in [0.1, 0.15) is 6.42 Å². The molecule has 0 amide bonds. The highest BCUT2D eigenvalue weighted by Crippen LogP contribution is 2.23. The van der Waals surface area contributed by atoms with Gasteiger partial charge in [-0.1, -0.05) is 12.1 Å². The number of nitrogens with zero attached hydrogens (tertiary/aromatic N) is 4. The third kappa shape index (κ3) is 2.67. The molecule has 1 unspecified atom stereocenters. The molecule has 1 aliphatic heterocycles. The lowest BCUT2D eigenvalue weighted by atomic mass is 10.2. The third-order valence-electron chi connectivity index (χ3n) is 3.24. The molecule has 2 heterocycles. The zero-order chi connectivity index (χ0) is 13.9. The number of carboxylic acid groups (broad SMARTS) is 1. The molecular formula is C13H14N4O2S. The number of thioether (sulfide) groups is 1. The minimum Gasteiger partial charge on any atom is -0.481 e. The van der Waals surface area contributed by atoms with E-state index in [2.05, 4.69) is 15.2 Å². The first-order valence-corrected chi connectivity index (χ1v) is 7.55. The van der Waals surface area contributed by atoms with Gasteiger partial charge < -0.3 is 10.0 Å². The molecule has 1 aliphatic rings. The predicted octanol–water partition coefficient (Wildman–Crippen LogP) is 1.42. The first kappa shape index (κ1) is 13.1. The second-order valence-electron chi connectivity index (χ2n) is 4.62. The molecule has 0 saturated carbocycles. The van der Waals surface area contributed by atoms with Crippen LogP contribution in [-0.2, 0) is 4.79 Å². The Bertz CT molecular complexity index is 637. The van der Waals surface area contributed by atoms with Gasteiger partial charge in [-0.25, -0.2) is 4.98 Å². The van der Waals surface area contributed by atoms with Gasteiger partial charge >= 0.3 is 5.97 Å². The number of carbonyl (C=O) groups is 1. The van der Waals surface area contributed by atoms with Gasteiger partial charge in [-0.3, -0.25) is 4.79 Å².